The average molecular weight is 504 g/mol. The first-order valence-corrected chi connectivity index (χ1v) is 12.9. The van der Waals surface area contributed by atoms with Gasteiger partial charge in [0, 0.05) is 44.1 Å². The molecule has 1 aliphatic carbocycles. The van der Waals surface area contributed by atoms with E-state index in [-0.39, 0.29) is 11.6 Å². The molecule has 186 valence electrons. The molecule has 7 aromatic rings. The number of ketones is 2. The van der Waals surface area contributed by atoms with E-state index in [1.807, 2.05) is 0 Å². The maximum Gasteiger partial charge on any atom is 0.194 e. The molecule has 1 aliphatic rings. The number of carbonyl (C=O) groups excluding carboxylic acids is 2. The van der Waals surface area contributed by atoms with Gasteiger partial charge in [-0.1, -0.05) is 133 Å². The van der Waals surface area contributed by atoms with Gasteiger partial charge in [-0.05, 0) is 22.9 Å². The minimum Gasteiger partial charge on any atom is -0.355 e. The predicted octanol–water partition coefficient (Wildman–Crippen LogP) is 8.62. The summed E-state index contributed by atoms with van der Waals surface area (Å²) in [6.45, 7) is 0. The molecule has 0 saturated heterocycles. The molecule has 0 atom stereocenters. The summed E-state index contributed by atoms with van der Waals surface area (Å²) in [6, 6.07) is 47.4. The molecule has 39 heavy (non-hydrogen) atoms. The summed E-state index contributed by atoms with van der Waals surface area (Å²) in [5, 5.41) is 5.23. The Labute approximate surface area is 226 Å². The van der Waals surface area contributed by atoms with Gasteiger partial charge in [0.2, 0.25) is 0 Å². The second kappa shape index (κ2) is 10.6. The van der Waals surface area contributed by atoms with Gasteiger partial charge < -0.3 is 4.98 Å². The van der Waals surface area contributed by atoms with E-state index in [1.54, 1.807) is 48.5 Å². The Hall–Kier alpha value is -5.28. The van der Waals surface area contributed by atoms with Gasteiger partial charge in [0.15, 0.2) is 11.6 Å². The summed E-state index contributed by atoms with van der Waals surface area (Å²) in [5.41, 5.74) is 4.45. The zero-order valence-electron chi connectivity index (χ0n) is 21.2. The van der Waals surface area contributed by atoms with Crippen LogP contribution >= 0.6 is 0 Å². The second-order valence-electron chi connectivity index (χ2n) is 9.31. The fourth-order valence-electron chi connectivity index (χ4n) is 4.98. The number of rotatable bonds is 0. The van der Waals surface area contributed by atoms with Crippen LogP contribution in [0.3, 0.4) is 0 Å². The molecule has 0 spiro atoms. The first-order chi connectivity index (χ1) is 19.2. The van der Waals surface area contributed by atoms with E-state index < -0.39 is 0 Å². The van der Waals surface area contributed by atoms with Gasteiger partial charge in [-0.3, -0.25) is 9.59 Å². The monoisotopic (exact) mass is 503 g/mol. The van der Waals surface area contributed by atoms with Crippen molar-refractivity contribution in [3.63, 3.8) is 0 Å². The minimum absolute atomic E-state index is 0.0641. The zero-order valence-corrected chi connectivity index (χ0v) is 21.2. The lowest BCUT2D eigenvalue weighted by Crippen LogP contribution is -2.20. The predicted molar refractivity (Wildman–Crippen MR) is 160 cm³/mol. The molecule has 0 bridgehead atoms. The summed E-state index contributed by atoms with van der Waals surface area (Å²) in [4.78, 5) is 27.6. The summed E-state index contributed by atoms with van der Waals surface area (Å²) in [6.07, 6.45) is 0. The van der Waals surface area contributed by atoms with E-state index in [0.29, 0.717) is 22.3 Å². The number of hydrogen-bond donors (Lipinski definition) is 1. The fraction of sp³-hybridized carbons (Fsp3) is 0. The SMILES string of the molecule is O=C1c2ccccc2C(=O)c2ccccc21.c1ccc2c(c1)[nH]c1ccccc12.c1ccc2ccccc2c1. The van der Waals surface area contributed by atoms with Crippen LogP contribution in [0.25, 0.3) is 32.6 Å². The molecule has 3 heteroatoms. The van der Waals surface area contributed by atoms with Crippen LogP contribution in [0.5, 0.6) is 0 Å². The van der Waals surface area contributed by atoms with E-state index >= 15 is 0 Å². The Morgan fingerprint density at radius 3 is 0.974 bits per heavy atom. The van der Waals surface area contributed by atoms with Crippen molar-refractivity contribution in [3.8, 4) is 0 Å². The molecular weight excluding hydrogens is 478 g/mol. The Morgan fingerprint density at radius 1 is 0.333 bits per heavy atom. The second-order valence-corrected chi connectivity index (χ2v) is 9.31. The van der Waals surface area contributed by atoms with E-state index in [4.69, 9.17) is 0 Å². The zero-order chi connectivity index (χ0) is 26.6. The van der Waals surface area contributed by atoms with Gasteiger partial charge in [0.25, 0.3) is 0 Å². The number of H-pyrrole nitrogens is 1. The Kier molecular flexibility index (Phi) is 6.55. The summed E-state index contributed by atoms with van der Waals surface area (Å²) >= 11 is 0. The molecule has 0 unspecified atom stereocenters. The van der Waals surface area contributed by atoms with Crippen LogP contribution < -0.4 is 0 Å². The molecule has 0 radical (unpaired) electrons. The van der Waals surface area contributed by atoms with Gasteiger partial charge in [-0.25, -0.2) is 0 Å². The highest BCUT2D eigenvalue weighted by Crippen LogP contribution is 2.27. The van der Waals surface area contributed by atoms with Gasteiger partial charge in [0.1, 0.15) is 0 Å². The summed E-state index contributed by atoms with van der Waals surface area (Å²) < 4.78 is 0. The van der Waals surface area contributed by atoms with E-state index in [0.717, 1.165) is 0 Å². The Balaban J connectivity index is 0.000000109. The number of aromatic amines is 1. The quantitative estimate of drug-likeness (QED) is 0.225. The first-order valence-electron chi connectivity index (χ1n) is 12.9. The van der Waals surface area contributed by atoms with Crippen LogP contribution in [0.4, 0.5) is 0 Å². The number of para-hydroxylation sites is 2. The fourth-order valence-corrected chi connectivity index (χ4v) is 4.98. The lowest BCUT2D eigenvalue weighted by atomic mass is 9.84. The number of carbonyl (C=O) groups is 2. The molecule has 0 saturated carbocycles. The van der Waals surface area contributed by atoms with Crippen molar-refractivity contribution in [3.05, 3.63) is 168 Å². The Morgan fingerprint density at radius 2 is 0.615 bits per heavy atom. The van der Waals surface area contributed by atoms with E-state index in [2.05, 4.69) is 102 Å². The number of fused-ring (bicyclic) bond motifs is 6. The van der Waals surface area contributed by atoms with Crippen molar-refractivity contribution >= 4 is 44.1 Å². The molecule has 3 nitrogen and oxygen atoms in total. The van der Waals surface area contributed by atoms with E-state index in [9.17, 15) is 9.59 Å². The minimum atomic E-state index is -0.0641. The highest BCUT2D eigenvalue weighted by Gasteiger charge is 2.28. The third kappa shape index (κ3) is 4.74. The maximum atomic E-state index is 12.1. The maximum absolute atomic E-state index is 12.1. The van der Waals surface area contributed by atoms with Crippen LogP contribution in [0.1, 0.15) is 31.8 Å². The van der Waals surface area contributed by atoms with Crippen molar-refractivity contribution in [2.75, 3.05) is 0 Å². The van der Waals surface area contributed by atoms with Crippen LogP contribution in [0.15, 0.2) is 146 Å². The van der Waals surface area contributed by atoms with Crippen molar-refractivity contribution in [1.29, 1.82) is 0 Å². The highest BCUT2D eigenvalue weighted by atomic mass is 16.1. The molecule has 0 amide bonds. The molecule has 1 heterocycles. The molecule has 8 rings (SSSR count). The van der Waals surface area contributed by atoms with Crippen molar-refractivity contribution in [2.24, 2.45) is 0 Å². The Bertz CT molecular complexity index is 1740. The van der Waals surface area contributed by atoms with Crippen molar-refractivity contribution in [2.45, 2.75) is 0 Å². The molecule has 6 aromatic carbocycles. The van der Waals surface area contributed by atoms with Crippen LogP contribution in [-0.4, -0.2) is 16.6 Å². The number of aromatic nitrogens is 1. The molecule has 1 N–H and O–H groups in total. The normalized spacial score (nSPS) is 11.7. The lowest BCUT2D eigenvalue weighted by molar-refractivity contribution is 0.0979. The number of hydrogen-bond acceptors (Lipinski definition) is 2. The number of benzene rings is 6. The van der Waals surface area contributed by atoms with Gasteiger partial charge >= 0.3 is 0 Å². The largest absolute Gasteiger partial charge is 0.355 e. The van der Waals surface area contributed by atoms with Crippen LogP contribution in [-0.2, 0) is 0 Å². The smallest absolute Gasteiger partial charge is 0.194 e. The topological polar surface area (TPSA) is 49.9 Å². The average Bonchev–Trinajstić information content (AvgIpc) is 3.39. The number of nitrogens with one attached hydrogen (secondary N) is 1. The third-order valence-electron chi connectivity index (χ3n) is 6.90. The van der Waals surface area contributed by atoms with Crippen molar-refractivity contribution < 1.29 is 9.59 Å². The summed E-state index contributed by atoms with van der Waals surface area (Å²) in [5.74, 6) is -0.128. The van der Waals surface area contributed by atoms with Crippen molar-refractivity contribution in [1.82, 2.24) is 4.98 Å². The molecule has 1 aromatic heterocycles. The van der Waals surface area contributed by atoms with Gasteiger partial charge in [-0.2, -0.15) is 0 Å². The lowest BCUT2D eigenvalue weighted by Gasteiger charge is -2.16. The van der Waals surface area contributed by atoms with Gasteiger partial charge in [0.05, 0.1) is 0 Å². The highest BCUT2D eigenvalue weighted by molar-refractivity contribution is 6.28. The first kappa shape index (κ1) is 24.1. The standard InChI is InChI=1S/C14H8O2.C12H9N.C10H8/c15-13-9-5-1-2-6-10(9)14(16)12-8-4-3-7-11(12)13;1-3-7-11-9(5-1)10-6-2-4-8-12(10)13-11;1-2-6-10-8-4-3-7-9(10)5-1/h1-8H;1-8,13H;1-8H. The summed E-state index contributed by atoms with van der Waals surface area (Å²) in [7, 11) is 0. The molecule has 0 fully saturated rings. The van der Waals surface area contributed by atoms with Crippen LogP contribution in [0.2, 0.25) is 0 Å². The molecule has 0 aliphatic heterocycles. The van der Waals surface area contributed by atoms with E-state index in [1.165, 1.54) is 32.6 Å². The third-order valence-corrected chi connectivity index (χ3v) is 6.90. The molecular formula is C36H25NO2. The van der Waals surface area contributed by atoms with Gasteiger partial charge in [-0.15, -0.1) is 0 Å². The van der Waals surface area contributed by atoms with Crippen LogP contribution in [0, 0.1) is 0 Å².